The topological polar surface area (TPSA) is 63.6 Å². The van der Waals surface area contributed by atoms with E-state index in [1.165, 1.54) is 96.3 Å². The second-order valence-corrected chi connectivity index (χ2v) is 11.0. The highest BCUT2D eigenvalue weighted by molar-refractivity contribution is 5.69. The van der Waals surface area contributed by atoms with Crippen LogP contribution >= 0.6 is 0 Å². The lowest BCUT2D eigenvalue weighted by atomic mass is 10.0. The predicted octanol–water partition coefficient (Wildman–Crippen LogP) is 10.6. The molecule has 36 heavy (non-hydrogen) atoms. The van der Waals surface area contributed by atoms with E-state index in [1.807, 2.05) is 0 Å². The number of hydrogen-bond donors (Lipinski definition) is 1. The molecule has 214 valence electrons. The summed E-state index contributed by atoms with van der Waals surface area (Å²) in [5.41, 5.74) is 0. The van der Waals surface area contributed by atoms with E-state index in [1.54, 1.807) is 0 Å². The third-order valence-electron chi connectivity index (χ3n) is 7.33. The summed E-state index contributed by atoms with van der Waals surface area (Å²) in [5, 5.41) is 8.75. The van der Waals surface area contributed by atoms with Crippen LogP contribution in [0.25, 0.3) is 0 Å². The van der Waals surface area contributed by atoms with Gasteiger partial charge in [-0.1, -0.05) is 136 Å². The molecule has 0 radical (unpaired) electrons. The average Bonchev–Trinajstić information content (AvgIpc) is 2.85. The Kier molecular flexibility index (Phi) is 27.7. The van der Waals surface area contributed by atoms with Gasteiger partial charge in [-0.3, -0.25) is 9.59 Å². The van der Waals surface area contributed by atoms with Crippen LogP contribution in [0.3, 0.4) is 0 Å². The van der Waals surface area contributed by atoms with E-state index >= 15 is 0 Å². The van der Waals surface area contributed by atoms with Crippen LogP contribution < -0.4 is 0 Å². The maximum absolute atomic E-state index is 12.5. The van der Waals surface area contributed by atoms with E-state index in [2.05, 4.69) is 13.8 Å². The number of rotatable bonds is 29. The Balaban J connectivity index is 3.99. The van der Waals surface area contributed by atoms with Crippen LogP contribution in [0.15, 0.2) is 0 Å². The zero-order chi connectivity index (χ0) is 26.5. The Hall–Kier alpha value is -1.06. The minimum absolute atomic E-state index is 0.000304. The fraction of sp³-hybridized carbons (Fsp3) is 0.938. The largest absolute Gasteiger partial charge is 0.481 e. The molecule has 0 fully saturated rings. The molecule has 1 N–H and O–H groups in total. The van der Waals surface area contributed by atoms with Crippen LogP contribution in [0.4, 0.5) is 0 Å². The monoisotopic (exact) mass is 510 g/mol. The van der Waals surface area contributed by atoms with Crippen LogP contribution in [0.2, 0.25) is 0 Å². The molecule has 1 atom stereocenters. The molecular formula is C32H62O4. The van der Waals surface area contributed by atoms with Gasteiger partial charge in [0.05, 0.1) is 0 Å². The predicted molar refractivity (Wildman–Crippen MR) is 154 cm³/mol. The van der Waals surface area contributed by atoms with Crippen molar-refractivity contribution in [1.29, 1.82) is 0 Å². The zero-order valence-electron chi connectivity index (χ0n) is 24.3. The van der Waals surface area contributed by atoms with Gasteiger partial charge in [0.25, 0.3) is 0 Å². The van der Waals surface area contributed by atoms with E-state index in [0.29, 0.717) is 6.42 Å². The molecule has 0 amide bonds. The summed E-state index contributed by atoms with van der Waals surface area (Å²) in [6.45, 7) is 4.52. The van der Waals surface area contributed by atoms with Crippen molar-refractivity contribution in [2.24, 2.45) is 0 Å². The third kappa shape index (κ3) is 27.5. The van der Waals surface area contributed by atoms with Crippen molar-refractivity contribution in [2.45, 2.75) is 193 Å². The summed E-state index contributed by atoms with van der Waals surface area (Å²) < 4.78 is 5.93. The molecule has 0 aliphatic carbocycles. The summed E-state index contributed by atoms with van der Waals surface area (Å²) in [5.74, 6) is -0.699. The number of hydrogen-bond acceptors (Lipinski definition) is 3. The van der Waals surface area contributed by atoms with Gasteiger partial charge in [0.15, 0.2) is 0 Å². The van der Waals surface area contributed by atoms with Crippen LogP contribution in [-0.2, 0) is 14.3 Å². The normalized spacial score (nSPS) is 12.1. The molecule has 0 bridgehead atoms. The highest BCUT2D eigenvalue weighted by Gasteiger charge is 2.14. The van der Waals surface area contributed by atoms with Gasteiger partial charge in [0.1, 0.15) is 6.10 Å². The molecule has 0 aromatic heterocycles. The zero-order valence-corrected chi connectivity index (χ0v) is 24.3. The molecule has 1 unspecified atom stereocenters. The van der Waals surface area contributed by atoms with Crippen molar-refractivity contribution in [3.63, 3.8) is 0 Å². The van der Waals surface area contributed by atoms with Gasteiger partial charge in [-0.05, 0) is 38.5 Å². The second-order valence-electron chi connectivity index (χ2n) is 11.0. The van der Waals surface area contributed by atoms with E-state index in [-0.39, 0.29) is 18.5 Å². The minimum atomic E-state index is -0.700. The Morgan fingerprint density at radius 3 is 1.22 bits per heavy atom. The Labute approximate surface area is 224 Å². The van der Waals surface area contributed by atoms with Crippen molar-refractivity contribution in [3.8, 4) is 0 Å². The number of carboxylic acid groups (broad SMARTS) is 1. The lowest BCUT2D eigenvalue weighted by Gasteiger charge is -2.18. The highest BCUT2D eigenvalue weighted by atomic mass is 16.5. The van der Waals surface area contributed by atoms with E-state index in [0.717, 1.165) is 64.2 Å². The van der Waals surface area contributed by atoms with Crippen LogP contribution in [0, 0.1) is 0 Å². The van der Waals surface area contributed by atoms with Crippen LogP contribution in [-0.4, -0.2) is 23.1 Å². The lowest BCUT2D eigenvalue weighted by molar-refractivity contribution is -0.150. The van der Waals surface area contributed by atoms with Crippen molar-refractivity contribution < 1.29 is 19.4 Å². The van der Waals surface area contributed by atoms with E-state index in [4.69, 9.17) is 9.84 Å². The standard InChI is InChI=1S/C32H62O4/c1-3-5-7-9-11-12-13-14-16-21-25-29-32(35)36-30(26-22-18-15-10-8-6-4-2)27-23-19-17-20-24-28-31(33)34/h30H,3-29H2,1-2H3,(H,33,34). The molecule has 0 aromatic rings. The number of carbonyl (C=O) groups excluding carboxylic acids is 1. The molecule has 0 rings (SSSR count). The maximum Gasteiger partial charge on any atom is 0.306 e. The lowest BCUT2D eigenvalue weighted by Crippen LogP contribution is -2.18. The summed E-state index contributed by atoms with van der Waals surface area (Å²) in [4.78, 5) is 23.1. The molecule has 0 aliphatic rings. The first-order valence-corrected chi connectivity index (χ1v) is 16.0. The average molecular weight is 511 g/mol. The molecule has 0 heterocycles. The summed E-state index contributed by atoms with van der Waals surface area (Å²) in [6.07, 6.45) is 31.1. The number of unbranched alkanes of at least 4 members (excludes halogenated alkanes) is 20. The molecule has 4 nitrogen and oxygen atoms in total. The quantitative estimate of drug-likeness (QED) is 0.0802. The number of carbonyl (C=O) groups is 2. The van der Waals surface area contributed by atoms with Gasteiger partial charge >= 0.3 is 11.9 Å². The highest BCUT2D eigenvalue weighted by Crippen LogP contribution is 2.18. The van der Waals surface area contributed by atoms with Crippen molar-refractivity contribution >= 4 is 11.9 Å². The number of aliphatic carboxylic acids is 1. The summed E-state index contributed by atoms with van der Waals surface area (Å²) in [7, 11) is 0. The fourth-order valence-electron chi connectivity index (χ4n) is 4.95. The molecule has 0 saturated carbocycles. The third-order valence-corrected chi connectivity index (χ3v) is 7.33. The van der Waals surface area contributed by atoms with Gasteiger partial charge in [0, 0.05) is 12.8 Å². The first kappa shape index (κ1) is 34.9. The van der Waals surface area contributed by atoms with E-state index in [9.17, 15) is 9.59 Å². The van der Waals surface area contributed by atoms with Crippen molar-refractivity contribution in [1.82, 2.24) is 0 Å². The van der Waals surface area contributed by atoms with Gasteiger partial charge in [-0.25, -0.2) is 0 Å². The number of carboxylic acids is 1. The molecule has 0 aromatic carbocycles. The maximum atomic E-state index is 12.5. The fourth-order valence-corrected chi connectivity index (χ4v) is 4.95. The van der Waals surface area contributed by atoms with Gasteiger partial charge < -0.3 is 9.84 Å². The van der Waals surface area contributed by atoms with Gasteiger partial charge in [-0.15, -0.1) is 0 Å². The summed E-state index contributed by atoms with van der Waals surface area (Å²) >= 11 is 0. The van der Waals surface area contributed by atoms with Crippen molar-refractivity contribution in [2.75, 3.05) is 0 Å². The first-order chi connectivity index (χ1) is 17.6. The second kappa shape index (κ2) is 28.5. The first-order valence-electron chi connectivity index (χ1n) is 16.0. The van der Waals surface area contributed by atoms with Crippen molar-refractivity contribution in [3.05, 3.63) is 0 Å². The molecular weight excluding hydrogens is 448 g/mol. The Morgan fingerprint density at radius 1 is 0.500 bits per heavy atom. The Bertz CT molecular complexity index is 477. The SMILES string of the molecule is CCCCCCCCCCCCCC(=O)OC(CCCCCCCCC)CCCCCCCC(=O)O. The molecule has 0 aliphatic heterocycles. The number of ether oxygens (including phenoxy) is 1. The van der Waals surface area contributed by atoms with Crippen LogP contribution in [0.1, 0.15) is 187 Å². The van der Waals surface area contributed by atoms with Gasteiger partial charge in [-0.2, -0.15) is 0 Å². The van der Waals surface area contributed by atoms with E-state index < -0.39 is 5.97 Å². The molecule has 4 heteroatoms. The molecule has 0 spiro atoms. The van der Waals surface area contributed by atoms with Crippen LogP contribution in [0.5, 0.6) is 0 Å². The Morgan fingerprint density at radius 2 is 0.833 bits per heavy atom. The molecule has 0 saturated heterocycles. The van der Waals surface area contributed by atoms with Gasteiger partial charge in [0.2, 0.25) is 0 Å². The summed E-state index contributed by atoms with van der Waals surface area (Å²) in [6, 6.07) is 0. The smallest absolute Gasteiger partial charge is 0.306 e. The minimum Gasteiger partial charge on any atom is -0.481 e. The number of esters is 1.